The van der Waals surface area contributed by atoms with Gasteiger partial charge in [-0.05, 0) is 19.8 Å². The molecule has 1 aromatic rings. The maximum atomic E-state index is 10.8. The molecule has 0 radical (unpaired) electrons. The Morgan fingerprint density at radius 3 is 2.69 bits per heavy atom. The summed E-state index contributed by atoms with van der Waals surface area (Å²) in [5.74, 6) is -0.490. The minimum atomic E-state index is -0.932. The fourth-order valence-electron chi connectivity index (χ4n) is 2.04. The summed E-state index contributed by atoms with van der Waals surface area (Å²) in [6, 6.07) is 0. The van der Waals surface area contributed by atoms with Gasteiger partial charge >= 0.3 is 5.97 Å². The molecule has 1 saturated carbocycles. The molecule has 1 aromatic heterocycles. The zero-order chi connectivity index (χ0) is 11.5. The lowest BCUT2D eigenvalue weighted by Gasteiger charge is -2.17. The molecule has 0 saturated heterocycles. The van der Waals surface area contributed by atoms with Crippen molar-refractivity contribution in [2.45, 2.75) is 50.9 Å². The fraction of sp³-hybridized carbons (Fsp3) is 0.727. The molecule has 1 N–H and O–H groups in total. The Kier molecular flexibility index (Phi) is 3.22. The zero-order valence-electron chi connectivity index (χ0n) is 9.35. The number of rotatable bonds is 3. The average molecular weight is 224 g/mol. The van der Waals surface area contributed by atoms with Crippen LogP contribution in [0.5, 0.6) is 0 Å². The number of carboxylic acid groups (broad SMARTS) is 1. The van der Waals surface area contributed by atoms with Gasteiger partial charge in [0.05, 0.1) is 0 Å². The van der Waals surface area contributed by atoms with Crippen LogP contribution >= 0.6 is 0 Å². The maximum absolute atomic E-state index is 10.8. The Bertz CT molecular complexity index is 369. The fourth-order valence-corrected chi connectivity index (χ4v) is 2.04. The van der Waals surface area contributed by atoms with Crippen LogP contribution in [0.4, 0.5) is 0 Å². The first-order valence-corrected chi connectivity index (χ1v) is 5.74. The van der Waals surface area contributed by atoms with Crippen molar-refractivity contribution in [1.82, 2.24) is 10.2 Å². The second-order valence-corrected chi connectivity index (χ2v) is 4.37. The highest BCUT2D eigenvalue weighted by Gasteiger charge is 2.25. The van der Waals surface area contributed by atoms with E-state index in [4.69, 9.17) is 9.52 Å². The van der Waals surface area contributed by atoms with Crippen molar-refractivity contribution in [2.75, 3.05) is 0 Å². The van der Waals surface area contributed by atoms with Crippen LogP contribution in [0.1, 0.15) is 62.6 Å². The van der Waals surface area contributed by atoms with Crippen molar-refractivity contribution >= 4 is 5.97 Å². The Morgan fingerprint density at radius 2 is 2.06 bits per heavy atom. The monoisotopic (exact) mass is 224 g/mol. The Morgan fingerprint density at radius 1 is 1.38 bits per heavy atom. The first-order chi connectivity index (χ1) is 7.68. The average Bonchev–Trinajstić information content (AvgIpc) is 2.78. The number of nitrogens with zero attached hydrogens (tertiary/aromatic N) is 2. The lowest BCUT2D eigenvalue weighted by atomic mass is 9.89. The van der Waals surface area contributed by atoms with Crippen molar-refractivity contribution in [3.8, 4) is 0 Å². The Balaban J connectivity index is 2.09. The molecule has 0 aromatic carbocycles. The second kappa shape index (κ2) is 4.63. The predicted octanol–water partition coefficient (Wildman–Crippen LogP) is 2.31. The highest BCUT2D eigenvalue weighted by Crippen LogP contribution is 2.32. The first kappa shape index (κ1) is 11.1. The first-order valence-electron chi connectivity index (χ1n) is 5.74. The minimum absolute atomic E-state index is 0.216. The normalized spacial score (nSPS) is 19.6. The molecule has 1 heterocycles. The van der Waals surface area contributed by atoms with Gasteiger partial charge in [-0.25, -0.2) is 0 Å². The molecule has 0 amide bonds. The quantitative estimate of drug-likeness (QED) is 0.852. The van der Waals surface area contributed by atoms with Gasteiger partial charge in [-0.15, -0.1) is 10.2 Å². The summed E-state index contributed by atoms with van der Waals surface area (Å²) in [6.07, 6.45) is 5.79. The molecule has 1 aliphatic carbocycles. The lowest BCUT2D eigenvalue weighted by molar-refractivity contribution is -0.138. The minimum Gasteiger partial charge on any atom is -0.481 e. The van der Waals surface area contributed by atoms with E-state index in [9.17, 15) is 4.79 Å². The van der Waals surface area contributed by atoms with E-state index in [-0.39, 0.29) is 5.89 Å². The predicted molar refractivity (Wildman–Crippen MR) is 56.2 cm³/mol. The third-order valence-electron chi connectivity index (χ3n) is 3.15. The van der Waals surface area contributed by atoms with Crippen LogP contribution in [0.25, 0.3) is 0 Å². The number of carbonyl (C=O) groups is 1. The van der Waals surface area contributed by atoms with E-state index in [0.717, 1.165) is 12.8 Å². The van der Waals surface area contributed by atoms with Crippen molar-refractivity contribution in [3.05, 3.63) is 11.8 Å². The van der Waals surface area contributed by atoms with Crippen molar-refractivity contribution in [3.63, 3.8) is 0 Å². The van der Waals surface area contributed by atoms with Crippen LogP contribution in [0.3, 0.4) is 0 Å². The number of hydrogen-bond acceptors (Lipinski definition) is 4. The summed E-state index contributed by atoms with van der Waals surface area (Å²) >= 11 is 0. The van der Waals surface area contributed by atoms with Crippen LogP contribution in [-0.2, 0) is 4.79 Å². The number of aliphatic carboxylic acids is 1. The smallest absolute Gasteiger partial charge is 0.315 e. The van der Waals surface area contributed by atoms with E-state index in [1.807, 2.05) is 0 Å². The van der Waals surface area contributed by atoms with Crippen molar-refractivity contribution in [2.24, 2.45) is 0 Å². The molecule has 1 aliphatic rings. The molecular formula is C11H16N2O3. The van der Waals surface area contributed by atoms with Gasteiger partial charge in [-0.1, -0.05) is 19.3 Å². The summed E-state index contributed by atoms with van der Waals surface area (Å²) in [4.78, 5) is 10.8. The molecule has 1 fully saturated rings. The van der Waals surface area contributed by atoms with Gasteiger partial charge in [-0.3, -0.25) is 4.79 Å². The molecule has 1 unspecified atom stereocenters. The third kappa shape index (κ3) is 2.23. The molecular weight excluding hydrogens is 208 g/mol. The van der Waals surface area contributed by atoms with Gasteiger partial charge in [-0.2, -0.15) is 0 Å². The molecule has 0 spiro atoms. The second-order valence-electron chi connectivity index (χ2n) is 4.37. The van der Waals surface area contributed by atoms with Crippen LogP contribution in [0.2, 0.25) is 0 Å². The molecule has 16 heavy (non-hydrogen) atoms. The van der Waals surface area contributed by atoms with Gasteiger partial charge < -0.3 is 9.52 Å². The van der Waals surface area contributed by atoms with E-state index < -0.39 is 11.9 Å². The van der Waals surface area contributed by atoms with Crippen molar-refractivity contribution in [1.29, 1.82) is 0 Å². The molecule has 5 heteroatoms. The Labute approximate surface area is 93.9 Å². The maximum Gasteiger partial charge on any atom is 0.315 e. The summed E-state index contributed by atoms with van der Waals surface area (Å²) in [5, 5.41) is 16.6. The summed E-state index contributed by atoms with van der Waals surface area (Å²) in [7, 11) is 0. The van der Waals surface area contributed by atoms with Gasteiger partial charge in [0.15, 0.2) is 0 Å². The van der Waals surface area contributed by atoms with E-state index in [2.05, 4.69) is 10.2 Å². The van der Waals surface area contributed by atoms with Crippen LogP contribution in [0.15, 0.2) is 4.42 Å². The van der Waals surface area contributed by atoms with Crippen LogP contribution < -0.4 is 0 Å². The molecule has 5 nitrogen and oxygen atoms in total. The van der Waals surface area contributed by atoms with E-state index in [0.29, 0.717) is 11.8 Å². The van der Waals surface area contributed by atoms with E-state index in [1.165, 1.54) is 19.3 Å². The van der Waals surface area contributed by atoms with Gasteiger partial charge in [0, 0.05) is 5.92 Å². The van der Waals surface area contributed by atoms with E-state index in [1.54, 1.807) is 6.92 Å². The Hall–Kier alpha value is -1.39. The molecule has 0 aliphatic heterocycles. The van der Waals surface area contributed by atoms with Crippen LogP contribution in [-0.4, -0.2) is 21.3 Å². The third-order valence-corrected chi connectivity index (χ3v) is 3.15. The standard InChI is InChI=1S/C11H16N2O3/c1-7(11(14)15)9-12-13-10(16-9)8-5-3-2-4-6-8/h7-8H,2-6H2,1H3,(H,14,15). The number of aromatic nitrogens is 2. The highest BCUT2D eigenvalue weighted by atomic mass is 16.4. The lowest BCUT2D eigenvalue weighted by Crippen LogP contribution is -2.07. The SMILES string of the molecule is CC(C(=O)O)c1nnc(C2CCCCC2)o1. The summed E-state index contributed by atoms with van der Waals surface area (Å²) < 4.78 is 5.44. The van der Waals surface area contributed by atoms with Gasteiger partial charge in [0.1, 0.15) is 5.92 Å². The summed E-state index contributed by atoms with van der Waals surface area (Å²) in [5.41, 5.74) is 0. The molecule has 0 bridgehead atoms. The number of carboxylic acids is 1. The van der Waals surface area contributed by atoms with Gasteiger partial charge in [0.25, 0.3) is 0 Å². The van der Waals surface area contributed by atoms with E-state index >= 15 is 0 Å². The molecule has 2 rings (SSSR count). The molecule has 1 atom stereocenters. The van der Waals surface area contributed by atoms with Crippen LogP contribution in [0, 0.1) is 0 Å². The summed E-state index contributed by atoms with van der Waals surface area (Å²) in [6.45, 7) is 1.56. The molecule has 88 valence electrons. The van der Waals surface area contributed by atoms with Crippen molar-refractivity contribution < 1.29 is 14.3 Å². The largest absolute Gasteiger partial charge is 0.481 e. The topological polar surface area (TPSA) is 76.2 Å². The highest BCUT2D eigenvalue weighted by molar-refractivity contribution is 5.73. The zero-order valence-corrected chi connectivity index (χ0v) is 9.35. The number of hydrogen-bond donors (Lipinski definition) is 1. The van der Waals surface area contributed by atoms with Gasteiger partial charge in [0.2, 0.25) is 11.8 Å².